The zero-order chi connectivity index (χ0) is 18.7. The minimum Gasteiger partial charge on any atom is -0.370 e. The molecule has 1 aromatic carbocycles. The van der Waals surface area contributed by atoms with Gasteiger partial charge in [-0.15, -0.1) is 0 Å². The lowest BCUT2D eigenvalue weighted by Crippen LogP contribution is -2.64. The number of carbonyl (C=O) groups is 1. The maximum Gasteiger partial charge on any atom is 0.315 e. The predicted octanol–water partition coefficient (Wildman–Crippen LogP) is 3.01. The Morgan fingerprint density at radius 2 is 2.15 bits per heavy atom. The van der Waals surface area contributed by atoms with Crippen LogP contribution in [0.5, 0.6) is 0 Å². The fourth-order valence-corrected chi connectivity index (χ4v) is 5.14. The second-order valence-electron chi connectivity index (χ2n) is 8.38. The lowest BCUT2D eigenvalue weighted by Gasteiger charge is -2.49. The number of benzene rings is 1. The highest BCUT2D eigenvalue weighted by molar-refractivity contribution is 5.74. The minimum atomic E-state index is -0.238. The molecule has 2 atom stereocenters. The Kier molecular flexibility index (Phi) is 5.69. The summed E-state index contributed by atoms with van der Waals surface area (Å²) in [6.45, 7) is 6.20. The van der Waals surface area contributed by atoms with Crippen LogP contribution in [0.15, 0.2) is 18.2 Å². The summed E-state index contributed by atoms with van der Waals surface area (Å²) in [7, 11) is 0. The molecule has 2 fully saturated rings. The predicted molar refractivity (Wildman–Crippen MR) is 107 cm³/mol. The zero-order valence-electron chi connectivity index (χ0n) is 16.6. The third-order valence-corrected chi connectivity index (χ3v) is 6.48. The number of rotatable bonds is 4. The first-order valence-corrected chi connectivity index (χ1v) is 10.7. The van der Waals surface area contributed by atoms with Gasteiger partial charge in [-0.1, -0.05) is 31.0 Å². The number of carbonyl (C=O) groups excluding carboxylic acids is 1. The molecule has 1 aromatic rings. The monoisotopic (exact) mass is 371 g/mol. The average molecular weight is 372 g/mol. The summed E-state index contributed by atoms with van der Waals surface area (Å²) in [6, 6.07) is 7.07. The average Bonchev–Trinajstić information content (AvgIpc) is 3.12. The van der Waals surface area contributed by atoms with Crippen molar-refractivity contribution in [1.29, 1.82) is 0 Å². The van der Waals surface area contributed by atoms with Crippen LogP contribution in [0.1, 0.15) is 55.7 Å². The molecular weight excluding hydrogens is 338 g/mol. The van der Waals surface area contributed by atoms with E-state index in [0.717, 1.165) is 45.5 Å². The zero-order valence-corrected chi connectivity index (χ0v) is 16.6. The van der Waals surface area contributed by atoms with Crippen LogP contribution in [0, 0.1) is 0 Å². The summed E-state index contributed by atoms with van der Waals surface area (Å²) >= 11 is 0. The van der Waals surface area contributed by atoms with Gasteiger partial charge in [-0.3, -0.25) is 4.90 Å². The van der Waals surface area contributed by atoms with Crippen LogP contribution in [-0.2, 0) is 24.1 Å². The van der Waals surface area contributed by atoms with Crippen molar-refractivity contribution in [1.82, 2.24) is 15.5 Å². The van der Waals surface area contributed by atoms with E-state index in [1.54, 1.807) is 5.56 Å². The van der Waals surface area contributed by atoms with Crippen LogP contribution in [0.25, 0.3) is 0 Å². The lowest BCUT2D eigenvalue weighted by molar-refractivity contribution is -0.142. The summed E-state index contributed by atoms with van der Waals surface area (Å²) in [5.74, 6) is 0. The highest BCUT2D eigenvalue weighted by Crippen LogP contribution is 2.35. The summed E-state index contributed by atoms with van der Waals surface area (Å²) in [6.07, 6.45) is 8.15. The van der Waals surface area contributed by atoms with E-state index in [2.05, 4.69) is 33.7 Å². The van der Waals surface area contributed by atoms with E-state index >= 15 is 0 Å². The summed E-state index contributed by atoms with van der Waals surface area (Å²) in [4.78, 5) is 14.7. The maximum absolute atomic E-state index is 12.1. The molecule has 3 aliphatic rings. The Balaban J connectivity index is 1.44. The summed E-state index contributed by atoms with van der Waals surface area (Å²) in [5.41, 5.74) is 4.26. The molecule has 1 saturated heterocycles. The standard InChI is InChI=1S/C22H33N3O2/c1-2-23-21(26)24-20-8-3-4-11-22(20)16-25(12-13-27-22)15-17-9-10-18-6-5-7-19(18)14-17/h9-10,14,20H,2-8,11-13,15-16H2,1H3,(H2,23,24,26)/t20-,22-/m1/s1. The third kappa shape index (κ3) is 4.14. The van der Waals surface area contributed by atoms with E-state index in [0.29, 0.717) is 6.54 Å². The highest BCUT2D eigenvalue weighted by Gasteiger charge is 2.45. The first-order valence-electron chi connectivity index (χ1n) is 10.7. The van der Waals surface area contributed by atoms with Gasteiger partial charge in [-0.25, -0.2) is 4.79 Å². The number of hydrogen-bond donors (Lipinski definition) is 2. The first kappa shape index (κ1) is 18.8. The van der Waals surface area contributed by atoms with Crippen LogP contribution in [0.4, 0.5) is 4.79 Å². The molecular formula is C22H33N3O2. The fraction of sp³-hybridized carbons (Fsp3) is 0.682. The smallest absolute Gasteiger partial charge is 0.315 e. The Morgan fingerprint density at radius 1 is 1.26 bits per heavy atom. The Bertz CT molecular complexity index is 674. The van der Waals surface area contributed by atoms with E-state index in [4.69, 9.17) is 4.74 Å². The number of ether oxygens (including phenoxy) is 1. The number of nitrogens with zero attached hydrogens (tertiary/aromatic N) is 1. The molecule has 2 N–H and O–H groups in total. The molecule has 0 aromatic heterocycles. The van der Waals surface area contributed by atoms with Crippen LogP contribution >= 0.6 is 0 Å². The first-order chi connectivity index (χ1) is 13.2. The van der Waals surface area contributed by atoms with Crippen LogP contribution < -0.4 is 10.6 Å². The largest absolute Gasteiger partial charge is 0.370 e. The number of amides is 2. The van der Waals surface area contributed by atoms with E-state index in [9.17, 15) is 4.79 Å². The van der Waals surface area contributed by atoms with Crippen molar-refractivity contribution in [2.75, 3.05) is 26.2 Å². The van der Waals surface area contributed by atoms with Gasteiger partial charge in [0.25, 0.3) is 0 Å². The molecule has 148 valence electrons. The lowest BCUT2D eigenvalue weighted by atomic mass is 9.79. The van der Waals surface area contributed by atoms with Gasteiger partial charge in [-0.2, -0.15) is 0 Å². The van der Waals surface area contributed by atoms with Gasteiger partial charge < -0.3 is 15.4 Å². The number of morpholine rings is 1. The minimum absolute atomic E-state index is 0.0666. The van der Waals surface area contributed by atoms with Gasteiger partial charge in [0.1, 0.15) is 5.60 Å². The maximum atomic E-state index is 12.1. The van der Waals surface area contributed by atoms with Crippen LogP contribution in [0.2, 0.25) is 0 Å². The van der Waals surface area contributed by atoms with Crippen molar-refractivity contribution in [3.05, 3.63) is 34.9 Å². The molecule has 0 bridgehead atoms. The molecule has 2 aliphatic carbocycles. The Labute approximate surface area is 162 Å². The number of fused-ring (bicyclic) bond motifs is 1. The molecule has 5 heteroatoms. The topological polar surface area (TPSA) is 53.6 Å². The molecule has 27 heavy (non-hydrogen) atoms. The van der Waals surface area contributed by atoms with E-state index in [-0.39, 0.29) is 17.7 Å². The van der Waals surface area contributed by atoms with Crippen molar-refractivity contribution in [3.63, 3.8) is 0 Å². The van der Waals surface area contributed by atoms with Gasteiger partial charge in [0.2, 0.25) is 0 Å². The van der Waals surface area contributed by atoms with E-state index in [1.807, 2.05) is 6.92 Å². The third-order valence-electron chi connectivity index (χ3n) is 6.48. The normalized spacial score (nSPS) is 28.1. The quantitative estimate of drug-likeness (QED) is 0.855. The molecule has 4 rings (SSSR count). The Hall–Kier alpha value is -1.59. The SMILES string of the molecule is CCNC(=O)N[C@@H]1CCCC[C@@]12CN(Cc1ccc3c(c1)CCC3)CCO2. The fourth-order valence-electron chi connectivity index (χ4n) is 5.14. The summed E-state index contributed by atoms with van der Waals surface area (Å²) in [5, 5.41) is 6.07. The van der Waals surface area contributed by atoms with Crippen LogP contribution in [0.3, 0.4) is 0 Å². The van der Waals surface area contributed by atoms with Gasteiger partial charge in [0.15, 0.2) is 0 Å². The molecule has 0 unspecified atom stereocenters. The van der Waals surface area contributed by atoms with Crippen molar-refractivity contribution in [2.45, 2.75) is 70.1 Å². The van der Waals surface area contributed by atoms with E-state index < -0.39 is 0 Å². The molecule has 1 aliphatic heterocycles. The van der Waals surface area contributed by atoms with Gasteiger partial charge in [0, 0.05) is 26.2 Å². The number of urea groups is 1. The molecule has 0 radical (unpaired) electrons. The molecule has 2 amide bonds. The van der Waals surface area contributed by atoms with E-state index in [1.165, 1.54) is 36.8 Å². The number of hydrogen-bond acceptors (Lipinski definition) is 3. The number of aryl methyl sites for hydroxylation is 2. The molecule has 5 nitrogen and oxygen atoms in total. The molecule has 1 saturated carbocycles. The summed E-state index contributed by atoms with van der Waals surface area (Å²) < 4.78 is 6.36. The van der Waals surface area contributed by atoms with Gasteiger partial charge in [0.05, 0.1) is 12.6 Å². The van der Waals surface area contributed by atoms with Crippen molar-refractivity contribution >= 4 is 6.03 Å². The van der Waals surface area contributed by atoms with Crippen LogP contribution in [-0.4, -0.2) is 48.8 Å². The Morgan fingerprint density at radius 3 is 3.04 bits per heavy atom. The van der Waals surface area contributed by atoms with Gasteiger partial charge >= 0.3 is 6.03 Å². The van der Waals surface area contributed by atoms with Crippen molar-refractivity contribution < 1.29 is 9.53 Å². The number of nitrogens with one attached hydrogen (secondary N) is 2. The van der Waals surface area contributed by atoms with Gasteiger partial charge in [-0.05, 0) is 55.7 Å². The molecule has 1 heterocycles. The molecule has 1 spiro atoms. The highest BCUT2D eigenvalue weighted by atomic mass is 16.5. The van der Waals surface area contributed by atoms with Crippen molar-refractivity contribution in [3.8, 4) is 0 Å². The second kappa shape index (κ2) is 8.19. The van der Waals surface area contributed by atoms with Crippen molar-refractivity contribution in [2.24, 2.45) is 0 Å². The second-order valence-corrected chi connectivity index (χ2v) is 8.38.